The molecule has 0 aliphatic heterocycles. The second kappa shape index (κ2) is 5.94. The maximum Gasteiger partial charge on any atom is 0.0591 e. The second-order valence-corrected chi connectivity index (χ2v) is 6.57. The van der Waals surface area contributed by atoms with Crippen LogP contribution in [0.15, 0.2) is 66.7 Å². The Morgan fingerprint density at radius 2 is 1.61 bits per heavy atom. The van der Waals surface area contributed by atoms with E-state index in [1.165, 1.54) is 20.2 Å². The lowest BCUT2D eigenvalue weighted by Gasteiger charge is -2.11. The topological polar surface area (TPSA) is 24.1 Å². The van der Waals surface area contributed by atoms with Crippen molar-refractivity contribution in [3.05, 3.63) is 66.7 Å². The fourth-order valence-corrected chi connectivity index (χ4v) is 4.06. The zero-order valence-electron chi connectivity index (χ0n) is 13.0. The van der Waals surface area contributed by atoms with Crippen LogP contribution in [0.25, 0.3) is 20.2 Å². The molecule has 1 aromatic heterocycles. The van der Waals surface area contributed by atoms with Gasteiger partial charge in [-0.1, -0.05) is 36.4 Å². The molecule has 0 bridgehead atoms. The highest BCUT2D eigenvalue weighted by Crippen LogP contribution is 2.41. The molecule has 3 heteroatoms. The van der Waals surface area contributed by atoms with Crippen LogP contribution in [0.1, 0.15) is 6.92 Å². The average molecular weight is 318 g/mol. The van der Waals surface area contributed by atoms with E-state index in [2.05, 4.69) is 78.2 Å². The average Bonchev–Trinajstić information content (AvgIpc) is 2.95. The minimum Gasteiger partial charge on any atom is -0.385 e. The lowest BCUT2D eigenvalue weighted by molar-refractivity contribution is 1.22. The van der Waals surface area contributed by atoms with Crippen LogP contribution < -0.4 is 10.6 Å². The molecule has 2 N–H and O–H groups in total. The van der Waals surface area contributed by atoms with E-state index in [-0.39, 0.29) is 0 Å². The predicted octanol–water partition coefficient (Wildman–Crippen LogP) is 6.23. The number of thiophene rings is 1. The van der Waals surface area contributed by atoms with Crippen LogP contribution in [0, 0.1) is 0 Å². The monoisotopic (exact) mass is 318 g/mol. The van der Waals surface area contributed by atoms with Gasteiger partial charge in [-0.3, -0.25) is 0 Å². The van der Waals surface area contributed by atoms with E-state index in [0.717, 1.165) is 23.6 Å². The number of rotatable bonds is 4. The first-order valence-corrected chi connectivity index (χ1v) is 8.68. The molecule has 0 unspecified atom stereocenters. The quantitative estimate of drug-likeness (QED) is 0.466. The van der Waals surface area contributed by atoms with E-state index in [1.807, 2.05) is 17.4 Å². The van der Waals surface area contributed by atoms with Gasteiger partial charge in [-0.05, 0) is 37.3 Å². The van der Waals surface area contributed by atoms with Crippen LogP contribution in [0.5, 0.6) is 0 Å². The number of fused-ring (bicyclic) bond motifs is 3. The zero-order chi connectivity index (χ0) is 15.6. The van der Waals surface area contributed by atoms with Crippen LogP contribution in [0.3, 0.4) is 0 Å². The summed E-state index contributed by atoms with van der Waals surface area (Å²) in [4.78, 5) is 0. The number of hydrogen-bond donors (Lipinski definition) is 2. The molecule has 4 rings (SSSR count). The number of hydrogen-bond acceptors (Lipinski definition) is 3. The lowest BCUT2D eigenvalue weighted by atomic mass is 10.1. The predicted molar refractivity (Wildman–Crippen MR) is 103 cm³/mol. The van der Waals surface area contributed by atoms with Crippen molar-refractivity contribution in [2.24, 2.45) is 0 Å². The third-order valence-corrected chi connectivity index (χ3v) is 5.13. The highest BCUT2D eigenvalue weighted by molar-refractivity contribution is 7.26. The molecular weight excluding hydrogens is 300 g/mol. The summed E-state index contributed by atoms with van der Waals surface area (Å²) < 4.78 is 2.63. The summed E-state index contributed by atoms with van der Waals surface area (Å²) in [5, 5.41) is 9.65. The van der Waals surface area contributed by atoms with Crippen LogP contribution >= 0.6 is 11.3 Å². The molecule has 0 spiro atoms. The molecule has 0 saturated carbocycles. The van der Waals surface area contributed by atoms with Gasteiger partial charge in [-0.2, -0.15) is 0 Å². The Balaban J connectivity index is 1.93. The second-order valence-electron chi connectivity index (χ2n) is 5.52. The van der Waals surface area contributed by atoms with E-state index in [9.17, 15) is 0 Å². The Morgan fingerprint density at radius 3 is 2.43 bits per heavy atom. The van der Waals surface area contributed by atoms with Crippen molar-refractivity contribution in [3.63, 3.8) is 0 Å². The Labute approximate surface area is 139 Å². The van der Waals surface area contributed by atoms with Gasteiger partial charge in [0.1, 0.15) is 0 Å². The minimum atomic E-state index is 0.915. The fraction of sp³-hybridized carbons (Fsp3) is 0.100. The molecule has 0 amide bonds. The third kappa shape index (κ3) is 2.64. The van der Waals surface area contributed by atoms with Crippen molar-refractivity contribution < 1.29 is 0 Å². The summed E-state index contributed by atoms with van der Waals surface area (Å²) in [5.41, 5.74) is 3.42. The first-order chi connectivity index (χ1) is 11.3. The highest BCUT2D eigenvalue weighted by Gasteiger charge is 2.11. The number of anilines is 3. The zero-order valence-corrected chi connectivity index (χ0v) is 13.8. The molecule has 1 heterocycles. The van der Waals surface area contributed by atoms with Gasteiger partial charge in [0.25, 0.3) is 0 Å². The van der Waals surface area contributed by atoms with Crippen molar-refractivity contribution >= 4 is 48.6 Å². The van der Waals surface area contributed by atoms with Gasteiger partial charge < -0.3 is 10.6 Å². The fourth-order valence-electron chi connectivity index (χ4n) is 2.90. The van der Waals surface area contributed by atoms with Crippen LogP contribution in [0.2, 0.25) is 0 Å². The van der Waals surface area contributed by atoms with Gasteiger partial charge in [0, 0.05) is 33.4 Å². The first-order valence-electron chi connectivity index (χ1n) is 7.86. The smallest absolute Gasteiger partial charge is 0.0591 e. The van der Waals surface area contributed by atoms with E-state index >= 15 is 0 Å². The summed E-state index contributed by atoms with van der Waals surface area (Å²) in [6.45, 7) is 3.04. The van der Waals surface area contributed by atoms with Crippen molar-refractivity contribution in [1.82, 2.24) is 0 Å². The standard InChI is InChI=1S/C20H18N2S/c1-2-21-15-12-17-16-10-6-7-11-19(16)23-20(17)18(13-15)22-14-8-4-3-5-9-14/h3-13,21-22H,2H2,1H3. The van der Waals surface area contributed by atoms with Gasteiger partial charge in [-0.15, -0.1) is 11.3 Å². The number of nitrogens with one attached hydrogen (secondary N) is 2. The van der Waals surface area contributed by atoms with E-state index in [1.54, 1.807) is 0 Å². The van der Waals surface area contributed by atoms with Crippen LogP contribution in [-0.2, 0) is 0 Å². The Morgan fingerprint density at radius 1 is 0.826 bits per heavy atom. The molecule has 4 aromatic rings. The van der Waals surface area contributed by atoms with Crippen molar-refractivity contribution in [2.45, 2.75) is 6.92 Å². The van der Waals surface area contributed by atoms with Gasteiger partial charge in [0.2, 0.25) is 0 Å². The molecule has 114 valence electrons. The van der Waals surface area contributed by atoms with Gasteiger partial charge in [0.15, 0.2) is 0 Å². The summed E-state index contributed by atoms with van der Waals surface area (Å²) >= 11 is 1.84. The molecule has 3 aromatic carbocycles. The van der Waals surface area contributed by atoms with Crippen molar-refractivity contribution in [1.29, 1.82) is 0 Å². The molecule has 2 nitrogen and oxygen atoms in total. The third-order valence-electron chi connectivity index (χ3n) is 3.91. The molecule has 0 saturated heterocycles. The Kier molecular flexibility index (Phi) is 3.64. The van der Waals surface area contributed by atoms with Crippen molar-refractivity contribution in [3.8, 4) is 0 Å². The summed E-state index contributed by atoms with van der Waals surface area (Å²) in [6, 6.07) is 23.4. The molecular formula is C20H18N2S. The molecule has 0 radical (unpaired) electrons. The SMILES string of the molecule is CCNc1cc(Nc2ccccc2)c2sc3ccccc3c2c1. The van der Waals surface area contributed by atoms with Crippen LogP contribution in [0.4, 0.5) is 17.1 Å². The molecule has 23 heavy (non-hydrogen) atoms. The Bertz CT molecular complexity index is 957. The highest BCUT2D eigenvalue weighted by atomic mass is 32.1. The summed E-state index contributed by atoms with van der Waals surface area (Å²) in [5.74, 6) is 0. The maximum atomic E-state index is 3.58. The molecule has 0 fully saturated rings. The number of para-hydroxylation sites is 1. The van der Waals surface area contributed by atoms with Gasteiger partial charge in [0.05, 0.1) is 10.4 Å². The van der Waals surface area contributed by atoms with E-state index < -0.39 is 0 Å². The van der Waals surface area contributed by atoms with Gasteiger partial charge >= 0.3 is 0 Å². The molecule has 0 aliphatic carbocycles. The van der Waals surface area contributed by atoms with E-state index in [4.69, 9.17) is 0 Å². The number of benzene rings is 3. The first kappa shape index (κ1) is 14.1. The van der Waals surface area contributed by atoms with E-state index in [0.29, 0.717) is 0 Å². The largest absolute Gasteiger partial charge is 0.385 e. The summed E-state index contributed by atoms with van der Waals surface area (Å²) in [6.07, 6.45) is 0. The van der Waals surface area contributed by atoms with Crippen LogP contribution in [-0.4, -0.2) is 6.54 Å². The molecule has 0 aliphatic rings. The normalized spacial score (nSPS) is 11.0. The summed E-state index contributed by atoms with van der Waals surface area (Å²) in [7, 11) is 0. The lowest BCUT2D eigenvalue weighted by Crippen LogP contribution is -1.98. The minimum absolute atomic E-state index is 0.915. The van der Waals surface area contributed by atoms with Crippen molar-refractivity contribution in [2.75, 3.05) is 17.2 Å². The molecule has 0 atom stereocenters. The Hall–Kier alpha value is -2.52. The van der Waals surface area contributed by atoms with Gasteiger partial charge in [-0.25, -0.2) is 0 Å². The maximum absolute atomic E-state index is 3.58.